The Morgan fingerprint density at radius 1 is 1.23 bits per heavy atom. The van der Waals surface area contributed by atoms with Gasteiger partial charge in [0.15, 0.2) is 5.76 Å². The van der Waals surface area contributed by atoms with Crippen LogP contribution in [-0.2, 0) is 13.0 Å². The lowest BCUT2D eigenvalue weighted by Gasteiger charge is -2.24. The molecule has 7 heteroatoms. The summed E-state index contributed by atoms with van der Waals surface area (Å²) in [6.45, 7) is 3.45. The molecule has 0 bridgehead atoms. The van der Waals surface area contributed by atoms with Crippen LogP contribution in [0.15, 0.2) is 28.8 Å². The van der Waals surface area contributed by atoms with E-state index in [1.165, 1.54) is 12.1 Å². The van der Waals surface area contributed by atoms with Gasteiger partial charge in [-0.3, -0.25) is 0 Å². The Labute approximate surface area is 130 Å². The fourth-order valence-electron chi connectivity index (χ4n) is 2.64. The monoisotopic (exact) mass is 316 g/mol. The summed E-state index contributed by atoms with van der Waals surface area (Å²) in [5.74, 6) is 0.484. The third kappa shape index (κ3) is 2.27. The van der Waals surface area contributed by atoms with Crippen LogP contribution in [0.2, 0.25) is 0 Å². The van der Waals surface area contributed by atoms with Crippen molar-refractivity contribution < 1.29 is 8.91 Å². The van der Waals surface area contributed by atoms with Gasteiger partial charge in [-0.25, -0.2) is 4.39 Å². The molecule has 0 radical (unpaired) electrons. The average molecular weight is 316 g/mol. The van der Waals surface area contributed by atoms with Crippen molar-refractivity contribution in [2.75, 3.05) is 11.4 Å². The van der Waals surface area contributed by atoms with E-state index in [9.17, 15) is 4.39 Å². The summed E-state index contributed by atoms with van der Waals surface area (Å²) in [7, 11) is 0. The summed E-state index contributed by atoms with van der Waals surface area (Å²) < 4.78 is 18.5. The molecule has 0 atom stereocenters. The van der Waals surface area contributed by atoms with Gasteiger partial charge >= 0.3 is 0 Å². The fraction of sp³-hybridized carbons (Fsp3) is 0.267. The molecule has 2 aromatic heterocycles. The zero-order valence-electron chi connectivity index (χ0n) is 11.9. The molecule has 3 aromatic rings. The first-order valence-electron chi connectivity index (χ1n) is 6.99. The highest BCUT2D eigenvalue weighted by atomic mass is 32.1. The van der Waals surface area contributed by atoms with Crippen LogP contribution < -0.4 is 4.90 Å². The summed E-state index contributed by atoms with van der Waals surface area (Å²) >= 11 is 1.58. The van der Waals surface area contributed by atoms with Gasteiger partial charge in [-0.15, -0.1) is 10.2 Å². The van der Waals surface area contributed by atoms with Gasteiger partial charge in [-0.05, 0) is 37.6 Å². The van der Waals surface area contributed by atoms with Crippen molar-refractivity contribution in [3.05, 3.63) is 46.3 Å². The predicted molar refractivity (Wildman–Crippen MR) is 81.3 cm³/mol. The molecule has 3 heterocycles. The van der Waals surface area contributed by atoms with Crippen molar-refractivity contribution >= 4 is 16.5 Å². The first kappa shape index (κ1) is 13.4. The highest BCUT2D eigenvalue weighted by molar-refractivity contribution is 7.15. The largest absolute Gasteiger partial charge is 0.356 e. The Hall–Kier alpha value is -2.28. The van der Waals surface area contributed by atoms with E-state index < -0.39 is 0 Å². The molecule has 0 unspecified atom stereocenters. The quantitative estimate of drug-likeness (QED) is 0.726. The zero-order valence-corrected chi connectivity index (χ0v) is 12.7. The standard InChI is InChI=1S/C15H13FN4OS/c1-9-17-18-15(22-9)20-7-6-12-13(8-20)19-21-14(12)10-2-4-11(16)5-3-10/h2-5H,6-8H2,1H3. The summed E-state index contributed by atoms with van der Waals surface area (Å²) in [6.07, 6.45) is 0.824. The molecule has 0 saturated carbocycles. The van der Waals surface area contributed by atoms with Crippen molar-refractivity contribution in [3.63, 3.8) is 0 Å². The summed E-state index contributed by atoms with van der Waals surface area (Å²) in [5, 5.41) is 14.3. The molecule has 1 aromatic carbocycles. The van der Waals surface area contributed by atoms with Gasteiger partial charge < -0.3 is 9.42 Å². The maximum absolute atomic E-state index is 13.0. The van der Waals surface area contributed by atoms with Crippen LogP contribution in [0.3, 0.4) is 0 Å². The number of nitrogens with zero attached hydrogens (tertiary/aromatic N) is 4. The molecule has 0 aliphatic carbocycles. The number of aryl methyl sites for hydroxylation is 1. The minimum absolute atomic E-state index is 0.255. The molecule has 5 nitrogen and oxygen atoms in total. The topological polar surface area (TPSA) is 55.1 Å². The number of rotatable bonds is 2. The Kier molecular flexibility index (Phi) is 3.15. The normalized spacial score (nSPS) is 14.2. The van der Waals surface area contributed by atoms with Gasteiger partial charge in [0.25, 0.3) is 0 Å². The van der Waals surface area contributed by atoms with Gasteiger partial charge in [0, 0.05) is 17.7 Å². The lowest BCUT2D eigenvalue weighted by atomic mass is 10.0. The predicted octanol–water partition coefficient (Wildman–Crippen LogP) is 3.20. The molecule has 1 aliphatic rings. The number of hydrogen-bond acceptors (Lipinski definition) is 6. The highest BCUT2D eigenvalue weighted by Crippen LogP contribution is 2.32. The van der Waals surface area contributed by atoms with E-state index in [2.05, 4.69) is 20.3 Å². The second-order valence-electron chi connectivity index (χ2n) is 5.22. The highest BCUT2D eigenvalue weighted by Gasteiger charge is 2.26. The van der Waals surface area contributed by atoms with Gasteiger partial charge in [-0.1, -0.05) is 16.5 Å². The van der Waals surface area contributed by atoms with E-state index in [1.54, 1.807) is 23.5 Å². The molecule has 0 amide bonds. The molecular weight excluding hydrogens is 303 g/mol. The van der Waals surface area contributed by atoms with Crippen molar-refractivity contribution in [1.82, 2.24) is 15.4 Å². The smallest absolute Gasteiger partial charge is 0.208 e. The fourth-order valence-corrected chi connectivity index (χ4v) is 3.35. The summed E-state index contributed by atoms with van der Waals surface area (Å²) in [5.41, 5.74) is 2.87. The molecule has 0 N–H and O–H groups in total. The minimum Gasteiger partial charge on any atom is -0.356 e. The molecule has 0 spiro atoms. The molecule has 0 fully saturated rings. The Morgan fingerprint density at radius 2 is 2.05 bits per heavy atom. The molecule has 4 rings (SSSR count). The van der Waals surface area contributed by atoms with Crippen molar-refractivity contribution in [2.45, 2.75) is 19.9 Å². The van der Waals surface area contributed by atoms with Crippen LogP contribution in [-0.4, -0.2) is 21.9 Å². The number of halogens is 1. The number of anilines is 1. The number of aromatic nitrogens is 3. The zero-order chi connectivity index (χ0) is 15.1. The maximum Gasteiger partial charge on any atom is 0.208 e. The average Bonchev–Trinajstić information content (AvgIpc) is 3.14. The van der Waals surface area contributed by atoms with E-state index >= 15 is 0 Å². The Balaban J connectivity index is 1.64. The third-order valence-corrected chi connectivity index (χ3v) is 4.63. The second-order valence-corrected chi connectivity index (χ2v) is 6.38. The molecule has 112 valence electrons. The molecule has 22 heavy (non-hydrogen) atoms. The lowest BCUT2D eigenvalue weighted by Crippen LogP contribution is -2.30. The van der Waals surface area contributed by atoms with Crippen molar-refractivity contribution in [2.24, 2.45) is 0 Å². The third-order valence-electron chi connectivity index (χ3n) is 3.73. The van der Waals surface area contributed by atoms with Crippen LogP contribution in [0.4, 0.5) is 9.52 Å². The van der Waals surface area contributed by atoms with Crippen LogP contribution in [0.1, 0.15) is 16.3 Å². The SMILES string of the molecule is Cc1nnc(N2CCc3c(noc3-c3ccc(F)cc3)C2)s1. The molecule has 1 aliphatic heterocycles. The Bertz CT molecular complexity index is 811. The Morgan fingerprint density at radius 3 is 2.77 bits per heavy atom. The van der Waals surface area contributed by atoms with E-state index in [1.807, 2.05) is 6.92 Å². The number of hydrogen-bond donors (Lipinski definition) is 0. The van der Waals surface area contributed by atoms with Crippen molar-refractivity contribution in [1.29, 1.82) is 0 Å². The number of fused-ring (bicyclic) bond motifs is 1. The van der Waals surface area contributed by atoms with E-state index in [0.29, 0.717) is 6.54 Å². The van der Waals surface area contributed by atoms with Crippen LogP contribution in [0.25, 0.3) is 11.3 Å². The summed E-state index contributed by atoms with van der Waals surface area (Å²) in [4.78, 5) is 2.16. The van der Waals surface area contributed by atoms with Gasteiger partial charge in [-0.2, -0.15) is 0 Å². The first-order valence-corrected chi connectivity index (χ1v) is 7.81. The minimum atomic E-state index is -0.255. The van der Waals surface area contributed by atoms with E-state index in [4.69, 9.17) is 4.52 Å². The van der Waals surface area contributed by atoms with Gasteiger partial charge in [0.05, 0.1) is 6.54 Å². The van der Waals surface area contributed by atoms with Gasteiger partial charge in [0.1, 0.15) is 16.5 Å². The number of benzene rings is 1. The van der Waals surface area contributed by atoms with E-state index in [0.717, 1.165) is 45.7 Å². The summed E-state index contributed by atoms with van der Waals surface area (Å²) in [6, 6.07) is 6.31. The van der Waals surface area contributed by atoms with Crippen LogP contribution in [0.5, 0.6) is 0 Å². The van der Waals surface area contributed by atoms with Crippen molar-refractivity contribution in [3.8, 4) is 11.3 Å². The van der Waals surface area contributed by atoms with Crippen LogP contribution >= 0.6 is 11.3 Å². The molecular formula is C15H13FN4OS. The van der Waals surface area contributed by atoms with Crippen LogP contribution in [0, 0.1) is 12.7 Å². The van der Waals surface area contributed by atoms with Gasteiger partial charge in [0.2, 0.25) is 5.13 Å². The first-order chi connectivity index (χ1) is 10.7. The molecule has 0 saturated heterocycles. The lowest BCUT2D eigenvalue weighted by molar-refractivity contribution is 0.423. The maximum atomic E-state index is 13.0. The van der Waals surface area contributed by atoms with E-state index in [-0.39, 0.29) is 5.82 Å². The second kappa shape index (κ2) is 5.17.